The molecule has 1 aliphatic carbocycles. The van der Waals surface area contributed by atoms with Gasteiger partial charge in [0, 0.05) is 25.2 Å². The average molecular weight is 394 g/mol. The summed E-state index contributed by atoms with van der Waals surface area (Å²) in [5.41, 5.74) is 5.74. The molecule has 1 aliphatic heterocycles. The molecule has 1 saturated heterocycles. The molecule has 0 spiro atoms. The summed E-state index contributed by atoms with van der Waals surface area (Å²) < 4.78 is 4.90. The number of ether oxygens (including phenoxy) is 1. The summed E-state index contributed by atoms with van der Waals surface area (Å²) in [6, 6.07) is 14.3. The molecule has 0 aromatic heterocycles. The van der Waals surface area contributed by atoms with Crippen LogP contribution in [0.15, 0.2) is 42.5 Å². The summed E-state index contributed by atoms with van der Waals surface area (Å²) >= 11 is 0. The molecule has 150 valence electrons. The molecule has 0 radical (unpaired) electrons. The SMILES string of the molecule is O=C(O)COCCNC(=O)C1CC(=O)N(c2ccc3c(c2)Cc2ccccc2-3)C1. The minimum atomic E-state index is -1.05. The second-order valence-electron chi connectivity index (χ2n) is 7.32. The minimum absolute atomic E-state index is 0.0669. The van der Waals surface area contributed by atoms with Crippen LogP contribution in [0.2, 0.25) is 0 Å². The Labute approximate surface area is 168 Å². The molecule has 1 fully saturated rings. The maximum absolute atomic E-state index is 12.5. The lowest BCUT2D eigenvalue weighted by Crippen LogP contribution is -2.35. The number of carbonyl (C=O) groups excluding carboxylic acids is 2. The number of nitrogens with zero attached hydrogens (tertiary/aromatic N) is 1. The Hall–Kier alpha value is -3.19. The lowest BCUT2D eigenvalue weighted by molar-refractivity contribution is -0.142. The number of hydrogen-bond donors (Lipinski definition) is 2. The van der Waals surface area contributed by atoms with Crippen molar-refractivity contribution >= 4 is 23.5 Å². The van der Waals surface area contributed by atoms with E-state index in [0.717, 1.165) is 12.1 Å². The highest BCUT2D eigenvalue weighted by Crippen LogP contribution is 2.39. The Morgan fingerprint density at radius 3 is 2.76 bits per heavy atom. The van der Waals surface area contributed by atoms with Crippen molar-refractivity contribution in [1.29, 1.82) is 0 Å². The lowest BCUT2D eigenvalue weighted by Gasteiger charge is -2.18. The Kier molecular flexibility index (Phi) is 5.31. The van der Waals surface area contributed by atoms with Gasteiger partial charge < -0.3 is 20.1 Å². The standard InChI is InChI=1S/C22H22N2O5/c25-20-11-16(22(28)23-7-8-29-13-21(26)27)12-24(20)17-5-6-19-15(10-17)9-14-3-1-2-4-18(14)19/h1-6,10,16H,7-9,11-13H2,(H,23,28)(H,26,27). The Morgan fingerprint density at radius 1 is 1.14 bits per heavy atom. The summed E-state index contributed by atoms with van der Waals surface area (Å²) in [6.45, 7) is 0.280. The van der Waals surface area contributed by atoms with Gasteiger partial charge in [-0.15, -0.1) is 0 Å². The smallest absolute Gasteiger partial charge is 0.329 e. The van der Waals surface area contributed by atoms with Gasteiger partial charge in [-0.1, -0.05) is 30.3 Å². The molecule has 2 amide bonds. The number of carboxylic acids is 1. The number of nitrogens with one attached hydrogen (secondary N) is 1. The van der Waals surface area contributed by atoms with Crippen LogP contribution in [0, 0.1) is 5.92 Å². The third kappa shape index (κ3) is 4.00. The van der Waals surface area contributed by atoms with Crippen molar-refractivity contribution in [3.63, 3.8) is 0 Å². The molecule has 1 unspecified atom stereocenters. The van der Waals surface area contributed by atoms with E-state index in [1.165, 1.54) is 22.3 Å². The molecule has 29 heavy (non-hydrogen) atoms. The van der Waals surface area contributed by atoms with Gasteiger partial charge in [0.1, 0.15) is 6.61 Å². The predicted molar refractivity (Wildman–Crippen MR) is 107 cm³/mol. The van der Waals surface area contributed by atoms with Crippen LogP contribution in [-0.2, 0) is 25.5 Å². The van der Waals surface area contributed by atoms with Crippen molar-refractivity contribution in [3.8, 4) is 11.1 Å². The Morgan fingerprint density at radius 2 is 1.93 bits per heavy atom. The van der Waals surface area contributed by atoms with Crippen LogP contribution in [0.4, 0.5) is 5.69 Å². The van der Waals surface area contributed by atoms with Crippen LogP contribution < -0.4 is 10.2 Å². The molecule has 7 nitrogen and oxygen atoms in total. The van der Waals surface area contributed by atoms with Gasteiger partial charge in [-0.3, -0.25) is 9.59 Å². The highest BCUT2D eigenvalue weighted by atomic mass is 16.5. The van der Waals surface area contributed by atoms with Crippen molar-refractivity contribution < 1.29 is 24.2 Å². The van der Waals surface area contributed by atoms with Gasteiger partial charge in [0.25, 0.3) is 0 Å². The quantitative estimate of drug-likeness (QED) is 0.596. The molecule has 2 aromatic carbocycles. The Balaban J connectivity index is 1.37. The molecule has 0 bridgehead atoms. The van der Waals surface area contributed by atoms with Gasteiger partial charge >= 0.3 is 5.97 Å². The maximum atomic E-state index is 12.5. The van der Waals surface area contributed by atoms with E-state index in [4.69, 9.17) is 9.84 Å². The third-order valence-corrected chi connectivity index (χ3v) is 5.36. The average Bonchev–Trinajstić information content (AvgIpc) is 3.27. The highest BCUT2D eigenvalue weighted by Gasteiger charge is 2.35. The molecule has 1 atom stereocenters. The summed E-state index contributed by atoms with van der Waals surface area (Å²) in [6.07, 6.45) is 1.01. The largest absolute Gasteiger partial charge is 0.480 e. The normalized spacial score (nSPS) is 17.2. The fourth-order valence-corrected chi connectivity index (χ4v) is 3.98. The molecule has 0 saturated carbocycles. The minimum Gasteiger partial charge on any atom is -0.480 e. The van der Waals surface area contributed by atoms with Crippen molar-refractivity contribution in [3.05, 3.63) is 53.6 Å². The number of rotatable bonds is 7. The molecule has 7 heteroatoms. The van der Waals surface area contributed by atoms with Crippen molar-refractivity contribution in [1.82, 2.24) is 5.32 Å². The predicted octanol–water partition coefficient (Wildman–Crippen LogP) is 1.83. The van der Waals surface area contributed by atoms with Gasteiger partial charge in [0.05, 0.1) is 12.5 Å². The summed E-state index contributed by atoms with van der Waals surface area (Å²) in [4.78, 5) is 36.9. The van der Waals surface area contributed by atoms with Gasteiger partial charge in [-0.05, 0) is 40.8 Å². The molecule has 2 aliphatic rings. The van der Waals surface area contributed by atoms with Crippen molar-refractivity contribution in [2.75, 3.05) is 31.2 Å². The highest BCUT2D eigenvalue weighted by molar-refractivity contribution is 6.00. The lowest BCUT2D eigenvalue weighted by atomic mass is 10.1. The van der Waals surface area contributed by atoms with Crippen LogP contribution in [0.1, 0.15) is 17.5 Å². The number of aliphatic carboxylic acids is 1. The number of hydrogen-bond acceptors (Lipinski definition) is 4. The van der Waals surface area contributed by atoms with Crippen LogP contribution in [-0.4, -0.2) is 49.2 Å². The van der Waals surface area contributed by atoms with E-state index >= 15 is 0 Å². The number of amides is 2. The van der Waals surface area contributed by atoms with E-state index in [1.54, 1.807) is 4.90 Å². The third-order valence-electron chi connectivity index (χ3n) is 5.36. The molecular formula is C22H22N2O5. The molecule has 4 rings (SSSR count). The van der Waals surface area contributed by atoms with E-state index in [-0.39, 0.29) is 31.4 Å². The van der Waals surface area contributed by atoms with Crippen molar-refractivity contribution in [2.45, 2.75) is 12.8 Å². The van der Waals surface area contributed by atoms with E-state index in [1.807, 2.05) is 24.3 Å². The molecule has 2 N–H and O–H groups in total. The number of anilines is 1. The fourth-order valence-electron chi connectivity index (χ4n) is 3.98. The molecule has 2 aromatic rings. The number of carboxylic acid groups (broad SMARTS) is 1. The van der Waals surface area contributed by atoms with E-state index in [0.29, 0.717) is 6.54 Å². The fraction of sp³-hybridized carbons (Fsp3) is 0.318. The van der Waals surface area contributed by atoms with E-state index < -0.39 is 18.5 Å². The second kappa shape index (κ2) is 8.05. The van der Waals surface area contributed by atoms with Gasteiger partial charge in [0.15, 0.2) is 0 Å². The van der Waals surface area contributed by atoms with Crippen LogP contribution >= 0.6 is 0 Å². The zero-order chi connectivity index (χ0) is 20.4. The summed E-state index contributed by atoms with van der Waals surface area (Å²) in [5, 5.41) is 11.2. The first kappa shape index (κ1) is 19.1. The van der Waals surface area contributed by atoms with Gasteiger partial charge in [-0.25, -0.2) is 4.79 Å². The number of fused-ring (bicyclic) bond motifs is 3. The number of benzene rings is 2. The van der Waals surface area contributed by atoms with Crippen LogP contribution in [0.5, 0.6) is 0 Å². The first-order valence-corrected chi connectivity index (χ1v) is 9.62. The molecular weight excluding hydrogens is 372 g/mol. The van der Waals surface area contributed by atoms with Crippen molar-refractivity contribution in [2.24, 2.45) is 5.92 Å². The molecule has 1 heterocycles. The first-order valence-electron chi connectivity index (χ1n) is 9.62. The van der Waals surface area contributed by atoms with Gasteiger partial charge in [0.2, 0.25) is 11.8 Å². The topological polar surface area (TPSA) is 95.9 Å². The Bertz CT molecular complexity index is 971. The zero-order valence-corrected chi connectivity index (χ0v) is 15.9. The zero-order valence-electron chi connectivity index (χ0n) is 15.9. The summed E-state index contributed by atoms with van der Waals surface area (Å²) in [5.74, 6) is -1.76. The maximum Gasteiger partial charge on any atom is 0.329 e. The van der Waals surface area contributed by atoms with E-state index in [9.17, 15) is 14.4 Å². The number of carbonyl (C=O) groups is 3. The van der Waals surface area contributed by atoms with E-state index in [2.05, 4.69) is 23.5 Å². The summed E-state index contributed by atoms with van der Waals surface area (Å²) in [7, 11) is 0. The van der Waals surface area contributed by atoms with Gasteiger partial charge in [-0.2, -0.15) is 0 Å². The monoisotopic (exact) mass is 394 g/mol. The second-order valence-corrected chi connectivity index (χ2v) is 7.32. The first-order chi connectivity index (χ1) is 14.0. The van der Waals surface area contributed by atoms with Crippen LogP contribution in [0.25, 0.3) is 11.1 Å². The van der Waals surface area contributed by atoms with Crippen LogP contribution in [0.3, 0.4) is 0 Å².